The zero-order chi connectivity index (χ0) is 20.2. The maximum atomic E-state index is 12.6. The fourth-order valence-electron chi connectivity index (χ4n) is 4.12. The van der Waals surface area contributed by atoms with Gasteiger partial charge in [0, 0.05) is 35.9 Å². The Balaban J connectivity index is 1.36. The molecule has 1 fully saturated rings. The number of nitrogens with zero attached hydrogens (tertiary/aromatic N) is 3. The molecule has 4 rings (SSSR count). The number of carbonyl (C=O) groups excluding carboxylic acids is 2. The van der Waals surface area contributed by atoms with Crippen LogP contribution in [0.5, 0.6) is 0 Å². The first-order valence-electron chi connectivity index (χ1n) is 10.3. The molecule has 2 aromatic heterocycles. The Morgan fingerprint density at radius 1 is 1.34 bits per heavy atom. The first-order valence-corrected chi connectivity index (χ1v) is 11.1. The summed E-state index contributed by atoms with van der Waals surface area (Å²) in [5.41, 5.74) is 3.42. The van der Waals surface area contributed by atoms with E-state index in [0.29, 0.717) is 25.5 Å². The van der Waals surface area contributed by atoms with E-state index in [1.807, 2.05) is 18.4 Å². The van der Waals surface area contributed by atoms with Crippen LogP contribution in [0, 0.1) is 6.92 Å². The Kier molecular flexibility index (Phi) is 6.20. The minimum absolute atomic E-state index is 0.0798. The van der Waals surface area contributed by atoms with Gasteiger partial charge in [0.05, 0.1) is 19.0 Å². The molecule has 0 saturated carbocycles. The number of aryl methyl sites for hydroxylation is 2. The lowest BCUT2D eigenvalue weighted by Gasteiger charge is -2.34. The standard InChI is InChI=1S/C21H27N5O2S/c1-14-16-6-2-3-7-17(16)25-19(24-14)12-23-20(27)11-18-21(28)22-8-9-26(18)13-15-5-4-10-29-15/h4-5,10,18H,2-3,6-9,11-13H2,1H3,(H,22,28)(H,23,27). The highest BCUT2D eigenvalue weighted by Gasteiger charge is 2.31. The molecule has 1 saturated heterocycles. The van der Waals surface area contributed by atoms with Crippen LogP contribution in [-0.4, -0.2) is 45.8 Å². The number of hydrogen-bond acceptors (Lipinski definition) is 6. The second-order valence-electron chi connectivity index (χ2n) is 7.70. The molecule has 29 heavy (non-hydrogen) atoms. The summed E-state index contributed by atoms with van der Waals surface area (Å²) < 4.78 is 0. The summed E-state index contributed by atoms with van der Waals surface area (Å²) in [4.78, 5) is 37.5. The summed E-state index contributed by atoms with van der Waals surface area (Å²) in [6, 6.07) is 3.62. The molecule has 1 unspecified atom stereocenters. The largest absolute Gasteiger partial charge is 0.353 e. The second-order valence-corrected chi connectivity index (χ2v) is 8.73. The van der Waals surface area contributed by atoms with Crippen LogP contribution in [0.4, 0.5) is 0 Å². The highest BCUT2D eigenvalue weighted by atomic mass is 32.1. The summed E-state index contributed by atoms with van der Waals surface area (Å²) in [6.07, 6.45) is 4.52. The maximum Gasteiger partial charge on any atom is 0.237 e. The van der Waals surface area contributed by atoms with Crippen LogP contribution in [0.2, 0.25) is 0 Å². The first kappa shape index (κ1) is 20.0. The Labute approximate surface area is 174 Å². The van der Waals surface area contributed by atoms with E-state index in [2.05, 4.69) is 31.6 Å². The van der Waals surface area contributed by atoms with Crippen LogP contribution in [0.1, 0.15) is 46.9 Å². The van der Waals surface area contributed by atoms with Gasteiger partial charge in [-0.15, -0.1) is 11.3 Å². The average Bonchev–Trinajstić information content (AvgIpc) is 3.22. The van der Waals surface area contributed by atoms with Crippen molar-refractivity contribution in [2.24, 2.45) is 0 Å². The zero-order valence-electron chi connectivity index (χ0n) is 16.7. The molecule has 0 spiro atoms. The van der Waals surface area contributed by atoms with Crippen molar-refractivity contribution >= 4 is 23.2 Å². The molecule has 2 aromatic rings. The fourth-order valence-corrected chi connectivity index (χ4v) is 4.85. The summed E-state index contributed by atoms with van der Waals surface area (Å²) >= 11 is 1.67. The summed E-state index contributed by atoms with van der Waals surface area (Å²) in [7, 11) is 0. The maximum absolute atomic E-state index is 12.6. The molecular weight excluding hydrogens is 386 g/mol. The monoisotopic (exact) mass is 413 g/mol. The molecule has 0 bridgehead atoms. The van der Waals surface area contributed by atoms with Crippen LogP contribution >= 0.6 is 11.3 Å². The van der Waals surface area contributed by atoms with Crippen LogP contribution in [-0.2, 0) is 35.5 Å². The van der Waals surface area contributed by atoms with E-state index < -0.39 is 6.04 Å². The number of piperazine rings is 1. The molecule has 3 heterocycles. The van der Waals surface area contributed by atoms with Gasteiger partial charge in [-0.2, -0.15) is 0 Å². The highest BCUT2D eigenvalue weighted by Crippen LogP contribution is 2.22. The number of rotatable bonds is 6. The quantitative estimate of drug-likeness (QED) is 0.753. The normalized spacial score (nSPS) is 19.5. The molecule has 1 aliphatic heterocycles. The van der Waals surface area contributed by atoms with Crippen LogP contribution < -0.4 is 10.6 Å². The van der Waals surface area contributed by atoms with E-state index in [9.17, 15) is 9.59 Å². The number of hydrogen-bond donors (Lipinski definition) is 2. The Morgan fingerprint density at radius 2 is 2.21 bits per heavy atom. The molecule has 2 amide bonds. The Hall–Kier alpha value is -2.32. The minimum atomic E-state index is -0.447. The zero-order valence-corrected chi connectivity index (χ0v) is 17.6. The van der Waals surface area contributed by atoms with Crippen molar-refractivity contribution < 1.29 is 9.59 Å². The number of carbonyl (C=O) groups is 2. The molecule has 1 aliphatic carbocycles. The van der Waals surface area contributed by atoms with Gasteiger partial charge in [-0.1, -0.05) is 6.07 Å². The number of thiophene rings is 1. The SMILES string of the molecule is Cc1nc(CNC(=O)CC2C(=O)NCCN2Cc2cccs2)nc2c1CCCC2. The van der Waals surface area contributed by atoms with Gasteiger partial charge in [0.1, 0.15) is 5.82 Å². The van der Waals surface area contributed by atoms with E-state index in [1.54, 1.807) is 11.3 Å². The molecule has 1 atom stereocenters. The van der Waals surface area contributed by atoms with Gasteiger partial charge in [0.2, 0.25) is 11.8 Å². The van der Waals surface area contributed by atoms with Crippen molar-refractivity contribution in [3.63, 3.8) is 0 Å². The van der Waals surface area contributed by atoms with Crippen molar-refractivity contribution in [1.82, 2.24) is 25.5 Å². The number of fused-ring (bicyclic) bond motifs is 1. The van der Waals surface area contributed by atoms with Crippen molar-refractivity contribution in [3.05, 3.63) is 45.2 Å². The van der Waals surface area contributed by atoms with Crippen molar-refractivity contribution in [2.75, 3.05) is 13.1 Å². The molecule has 8 heteroatoms. The lowest BCUT2D eigenvalue weighted by molar-refractivity contribution is -0.134. The number of nitrogens with one attached hydrogen (secondary N) is 2. The van der Waals surface area contributed by atoms with Crippen molar-refractivity contribution in [3.8, 4) is 0 Å². The Morgan fingerprint density at radius 3 is 3.03 bits per heavy atom. The average molecular weight is 414 g/mol. The molecular formula is C21H27N5O2S. The topological polar surface area (TPSA) is 87.2 Å². The van der Waals surface area contributed by atoms with E-state index in [0.717, 1.165) is 37.2 Å². The van der Waals surface area contributed by atoms with Crippen molar-refractivity contribution in [2.45, 2.75) is 58.2 Å². The van der Waals surface area contributed by atoms with Gasteiger partial charge in [-0.25, -0.2) is 9.97 Å². The third-order valence-corrected chi connectivity index (χ3v) is 6.50. The van der Waals surface area contributed by atoms with E-state index in [4.69, 9.17) is 0 Å². The predicted octanol–water partition coefficient (Wildman–Crippen LogP) is 1.73. The summed E-state index contributed by atoms with van der Waals surface area (Å²) in [6.45, 7) is 4.37. The van der Waals surface area contributed by atoms with E-state index >= 15 is 0 Å². The molecule has 2 aliphatic rings. The highest BCUT2D eigenvalue weighted by molar-refractivity contribution is 7.09. The first-order chi connectivity index (χ1) is 14.1. The summed E-state index contributed by atoms with van der Waals surface area (Å²) in [5, 5.41) is 7.82. The number of aromatic nitrogens is 2. The van der Waals surface area contributed by atoms with E-state index in [1.165, 1.54) is 16.9 Å². The van der Waals surface area contributed by atoms with Gasteiger partial charge in [0.25, 0.3) is 0 Å². The minimum Gasteiger partial charge on any atom is -0.353 e. The van der Waals surface area contributed by atoms with Gasteiger partial charge in [-0.3, -0.25) is 14.5 Å². The van der Waals surface area contributed by atoms with Crippen LogP contribution in [0.15, 0.2) is 17.5 Å². The van der Waals surface area contributed by atoms with Gasteiger partial charge in [-0.05, 0) is 49.6 Å². The molecule has 0 aromatic carbocycles. The van der Waals surface area contributed by atoms with Gasteiger partial charge >= 0.3 is 0 Å². The molecule has 154 valence electrons. The molecule has 2 N–H and O–H groups in total. The lowest BCUT2D eigenvalue weighted by atomic mass is 9.95. The third kappa shape index (κ3) is 4.82. The van der Waals surface area contributed by atoms with Crippen LogP contribution in [0.25, 0.3) is 0 Å². The fraction of sp³-hybridized carbons (Fsp3) is 0.524. The lowest BCUT2D eigenvalue weighted by Crippen LogP contribution is -2.56. The Bertz CT molecular complexity index is 883. The molecule has 0 radical (unpaired) electrons. The second kappa shape index (κ2) is 9.00. The summed E-state index contributed by atoms with van der Waals surface area (Å²) in [5.74, 6) is 0.422. The van der Waals surface area contributed by atoms with E-state index in [-0.39, 0.29) is 18.2 Å². The van der Waals surface area contributed by atoms with Gasteiger partial charge < -0.3 is 10.6 Å². The number of amides is 2. The van der Waals surface area contributed by atoms with Gasteiger partial charge in [0.15, 0.2) is 0 Å². The predicted molar refractivity (Wildman–Crippen MR) is 111 cm³/mol. The molecule has 7 nitrogen and oxygen atoms in total. The van der Waals surface area contributed by atoms with Crippen LogP contribution in [0.3, 0.4) is 0 Å². The smallest absolute Gasteiger partial charge is 0.237 e. The van der Waals surface area contributed by atoms with Crippen molar-refractivity contribution in [1.29, 1.82) is 0 Å². The third-order valence-electron chi connectivity index (χ3n) is 5.64.